The van der Waals surface area contributed by atoms with E-state index in [2.05, 4.69) is 60.6 Å². The minimum absolute atomic E-state index is 0.0159. The van der Waals surface area contributed by atoms with E-state index in [0.717, 1.165) is 53.5 Å². The molecule has 4 aliphatic rings. The van der Waals surface area contributed by atoms with E-state index in [0.29, 0.717) is 42.2 Å². The molecule has 4 aromatic rings. The number of pyridine rings is 3. The number of fused-ring (bicyclic) bond motifs is 3. The van der Waals surface area contributed by atoms with Gasteiger partial charge in [-0.1, -0.05) is 19.4 Å². The summed E-state index contributed by atoms with van der Waals surface area (Å²) >= 11 is 0. The van der Waals surface area contributed by atoms with Crippen LogP contribution in [0.2, 0.25) is 0 Å². The number of hydrogen-bond donors (Lipinski definition) is 2. The molecule has 8 heterocycles. The molecular weight excluding hydrogens is 524 g/mol. The van der Waals surface area contributed by atoms with Crippen LogP contribution < -0.4 is 5.56 Å². The molecule has 9 heteroatoms. The lowest BCUT2D eigenvalue weighted by Crippen LogP contribution is -2.65. The molecule has 42 heavy (non-hydrogen) atoms. The highest BCUT2D eigenvalue weighted by Crippen LogP contribution is 2.49. The molecule has 0 saturated carbocycles. The molecule has 6 atom stereocenters. The number of rotatable bonds is 6. The molecule has 2 N–H and O–H groups in total. The lowest BCUT2D eigenvalue weighted by atomic mass is 9.68. The second-order valence-electron chi connectivity index (χ2n) is 12.9. The smallest absolute Gasteiger partial charge is 0.251 e. The van der Waals surface area contributed by atoms with Gasteiger partial charge in [-0.05, 0) is 81.2 Å². The van der Waals surface area contributed by atoms with Gasteiger partial charge in [0.2, 0.25) is 0 Å². The average molecular weight is 565 g/mol. The summed E-state index contributed by atoms with van der Waals surface area (Å²) in [7, 11) is 0. The number of H-pyrrole nitrogens is 2. The second-order valence-corrected chi connectivity index (χ2v) is 12.9. The van der Waals surface area contributed by atoms with Crippen molar-refractivity contribution in [2.24, 2.45) is 0 Å². The Hall–Kier alpha value is -3.43. The van der Waals surface area contributed by atoms with Crippen LogP contribution >= 0.6 is 0 Å². The summed E-state index contributed by atoms with van der Waals surface area (Å²) in [6.45, 7) is 6.30. The van der Waals surface area contributed by atoms with Crippen molar-refractivity contribution in [3.8, 4) is 11.5 Å². The van der Waals surface area contributed by atoms with E-state index in [9.17, 15) is 4.79 Å². The Morgan fingerprint density at radius 3 is 2.57 bits per heavy atom. The maximum absolute atomic E-state index is 12.7. The molecule has 0 aromatic carbocycles. The molecular formula is C33H40N8O. The monoisotopic (exact) mass is 564 g/mol. The van der Waals surface area contributed by atoms with Gasteiger partial charge in [0.15, 0.2) is 5.82 Å². The molecule has 4 saturated heterocycles. The molecule has 4 unspecified atom stereocenters. The molecule has 0 amide bonds. The number of aromatic amines is 2. The van der Waals surface area contributed by atoms with Crippen molar-refractivity contribution in [2.75, 3.05) is 13.1 Å². The highest BCUT2D eigenvalue weighted by Gasteiger charge is 2.50. The summed E-state index contributed by atoms with van der Waals surface area (Å²) < 4.78 is 0. The summed E-state index contributed by atoms with van der Waals surface area (Å²) in [5.41, 5.74) is 6.02. The van der Waals surface area contributed by atoms with Crippen molar-refractivity contribution < 1.29 is 0 Å². The Morgan fingerprint density at radius 1 is 0.976 bits per heavy atom. The minimum atomic E-state index is 0.0159. The second kappa shape index (κ2) is 10.4. The summed E-state index contributed by atoms with van der Waals surface area (Å²) in [6.07, 6.45) is 13.7. The topological polar surface area (TPSA) is 107 Å². The summed E-state index contributed by atoms with van der Waals surface area (Å²) in [5, 5.41) is 7.20. The molecule has 218 valence electrons. The first-order valence-corrected chi connectivity index (χ1v) is 16.0. The van der Waals surface area contributed by atoms with Crippen molar-refractivity contribution in [1.29, 1.82) is 0 Å². The van der Waals surface area contributed by atoms with Crippen LogP contribution in [0.25, 0.3) is 22.6 Å². The molecule has 4 aliphatic heterocycles. The molecule has 0 radical (unpaired) electrons. The Morgan fingerprint density at radius 2 is 1.86 bits per heavy atom. The predicted octanol–water partition coefficient (Wildman–Crippen LogP) is 4.70. The van der Waals surface area contributed by atoms with Gasteiger partial charge >= 0.3 is 0 Å². The zero-order chi connectivity index (χ0) is 28.4. The number of aromatic nitrogens is 6. The maximum Gasteiger partial charge on any atom is 0.251 e. The maximum atomic E-state index is 12.7. The molecule has 4 aromatic heterocycles. The number of hydrogen-bond acceptors (Lipinski definition) is 7. The van der Waals surface area contributed by atoms with Gasteiger partial charge in [-0.3, -0.25) is 29.7 Å². The van der Waals surface area contributed by atoms with Crippen LogP contribution in [0.5, 0.6) is 0 Å². The van der Waals surface area contributed by atoms with Gasteiger partial charge in [0.05, 0.1) is 11.0 Å². The van der Waals surface area contributed by atoms with E-state index < -0.39 is 0 Å². The van der Waals surface area contributed by atoms with Crippen molar-refractivity contribution >= 4 is 11.0 Å². The fourth-order valence-corrected chi connectivity index (χ4v) is 8.58. The van der Waals surface area contributed by atoms with Crippen LogP contribution in [-0.2, 0) is 6.42 Å². The van der Waals surface area contributed by atoms with Gasteiger partial charge in [0, 0.05) is 67.0 Å². The van der Waals surface area contributed by atoms with Crippen LogP contribution in [-0.4, -0.2) is 77.2 Å². The number of nitrogens with one attached hydrogen (secondary N) is 2. The van der Waals surface area contributed by atoms with Crippen LogP contribution in [0.15, 0.2) is 41.5 Å². The standard InChI is InChI=1S/C33H40N8O/c1-3-20-15-26-27(37-33(20)42)16-22(18-35-26)31(29-6-4-5-23-11-13-40(23)29)30-10-8-24(28-12-14-41(28)30)21-7-9-25(34-17-21)32-36-19(2)38-39-32/h7,9,15-18,23-24,28-31H,3-6,8,10-14H2,1-2H3,(H,37,42)(H,36,38,39)/t23?,24-,28?,29?,30?,31+/m0/s1. The fraction of sp³-hybridized carbons (Fsp3) is 0.545. The normalized spacial score (nSPS) is 28.5. The van der Waals surface area contributed by atoms with Gasteiger partial charge in [0.25, 0.3) is 5.56 Å². The van der Waals surface area contributed by atoms with E-state index in [4.69, 9.17) is 9.97 Å². The van der Waals surface area contributed by atoms with E-state index in [-0.39, 0.29) is 5.56 Å². The fourth-order valence-electron chi connectivity index (χ4n) is 8.58. The zero-order valence-corrected chi connectivity index (χ0v) is 24.6. The van der Waals surface area contributed by atoms with Gasteiger partial charge < -0.3 is 4.98 Å². The molecule has 0 spiro atoms. The van der Waals surface area contributed by atoms with Crippen LogP contribution in [0.3, 0.4) is 0 Å². The highest BCUT2D eigenvalue weighted by molar-refractivity contribution is 5.75. The lowest BCUT2D eigenvalue weighted by molar-refractivity contribution is -0.0658. The van der Waals surface area contributed by atoms with Crippen LogP contribution in [0, 0.1) is 6.92 Å². The van der Waals surface area contributed by atoms with E-state index >= 15 is 0 Å². The average Bonchev–Trinajstić information content (AvgIpc) is 3.40. The highest BCUT2D eigenvalue weighted by atomic mass is 16.1. The van der Waals surface area contributed by atoms with Crippen molar-refractivity contribution in [3.63, 3.8) is 0 Å². The van der Waals surface area contributed by atoms with Crippen molar-refractivity contribution in [1.82, 2.24) is 39.9 Å². The first-order chi connectivity index (χ1) is 20.6. The molecule has 9 nitrogen and oxygen atoms in total. The van der Waals surface area contributed by atoms with Gasteiger partial charge in [-0.15, -0.1) is 0 Å². The molecule has 4 fully saturated rings. The first-order valence-electron chi connectivity index (χ1n) is 16.0. The molecule has 0 bridgehead atoms. The zero-order valence-electron chi connectivity index (χ0n) is 24.6. The SMILES string of the molecule is CCc1cc2ncc([C@H](C3CCCC4CCN43)C3CC[C@@H](c4ccc(-c5n[nH]c(C)n5)nc4)C4CCN34)cc2[nH]c1=O. The number of aryl methyl sites for hydroxylation is 2. The van der Waals surface area contributed by atoms with Crippen molar-refractivity contribution in [3.05, 3.63) is 69.5 Å². The van der Waals surface area contributed by atoms with E-state index in [1.807, 2.05) is 19.9 Å². The van der Waals surface area contributed by atoms with Crippen LogP contribution in [0.4, 0.5) is 0 Å². The number of nitrogens with zero attached hydrogens (tertiary/aromatic N) is 6. The lowest BCUT2D eigenvalue weighted by Gasteiger charge is -2.59. The number of piperidine rings is 2. The Balaban J connectivity index is 1.11. The van der Waals surface area contributed by atoms with E-state index in [1.165, 1.54) is 49.8 Å². The van der Waals surface area contributed by atoms with Crippen molar-refractivity contribution in [2.45, 2.75) is 101 Å². The largest absolute Gasteiger partial charge is 0.320 e. The molecule has 8 rings (SSSR count). The van der Waals surface area contributed by atoms with Gasteiger partial charge in [-0.2, -0.15) is 5.10 Å². The van der Waals surface area contributed by atoms with Gasteiger partial charge in [0.1, 0.15) is 11.5 Å². The van der Waals surface area contributed by atoms with E-state index in [1.54, 1.807) is 0 Å². The third kappa shape index (κ3) is 4.31. The summed E-state index contributed by atoms with van der Waals surface area (Å²) in [4.78, 5) is 35.6. The third-order valence-electron chi connectivity index (χ3n) is 10.9. The third-order valence-corrected chi connectivity index (χ3v) is 10.9. The summed E-state index contributed by atoms with van der Waals surface area (Å²) in [5.74, 6) is 2.34. The quantitative estimate of drug-likeness (QED) is 0.350. The Kier molecular flexibility index (Phi) is 6.48. The summed E-state index contributed by atoms with van der Waals surface area (Å²) in [6, 6.07) is 10.8. The Labute approximate surface area is 246 Å². The molecule has 0 aliphatic carbocycles. The van der Waals surface area contributed by atoms with Gasteiger partial charge in [-0.25, -0.2) is 4.98 Å². The minimum Gasteiger partial charge on any atom is -0.320 e. The predicted molar refractivity (Wildman–Crippen MR) is 162 cm³/mol. The Bertz CT molecular complexity index is 1660. The van der Waals surface area contributed by atoms with Crippen LogP contribution in [0.1, 0.15) is 86.2 Å². The first kappa shape index (κ1) is 26.2.